The van der Waals surface area contributed by atoms with Crippen LogP contribution in [0.2, 0.25) is 0 Å². The second kappa shape index (κ2) is 4.51. The molecule has 5 nitrogen and oxygen atoms in total. The maximum absolute atomic E-state index is 12.2. The van der Waals surface area contributed by atoms with Crippen LogP contribution >= 0.6 is 0 Å². The molecule has 106 valence electrons. The van der Waals surface area contributed by atoms with Crippen LogP contribution in [0.1, 0.15) is 26.7 Å². The molecule has 0 aliphatic carbocycles. The Bertz CT molecular complexity index is 705. The highest BCUT2D eigenvalue weighted by Crippen LogP contribution is 2.30. The van der Waals surface area contributed by atoms with Gasteiger partial charge < -0.3 is 10.6 Å². The van der Waals surface area contributed by atoms with E-state index in [1.54, 1.807) is 18.2 Å². The molecule has 5 heteroatoms. The van der Waals surface area contributed by atoms with Crippen LogP contribution in [-0.4, -0.2) is 23.1 Å². The van der Waals surface area contributed by atoms with E-state index in [-0.39, 0.29) is 11.0 Å². The first-order valence-electron chi connectivity index (χ1n) is 6.99. The third-order valence-electron chi connectivity index (χ3n) is 3.92. The number of benzene rings is 1. The number of nitrogen functional groups attached to an aromatic ring is 1. The fourth-order valence-electron chi connectivity index (χ4n) is 2.90. The SMILES string of the molecule is CC1(C)CCCN(c2nc3ccc(N)cc3c(=O)[nH]2)C1. The number of piperidine rings is 1. The fourth-order valence-corrected chi connectivity index (χ4v) is 2.90. The van der Waals surface area contributed by atoms with Crippen molar-refractivity contribution in [3.63, 3.8) is 0 Å². The fraction of sp³-hybridized carbons (Fsp3) is 0.467. The van der Waals surface area contributed by atoms with Crippen molar-refractivity contribution in [1.82, 2.24) is 9.97 Å². The zero-order valence-electron chi connectivity index (χ0n) is 11.9. The Morgan fingerprint density at radius 1 is 1.40 bits per heavy atom. The highest BCUT2D eigenvalue weighted by molar-refractivity contribution is 5.81. The average molecular weight is 272 g/mol. The number of aromatic nitrogens is 2. The molecule has 0 unspecified atom stereocenters. The van der Waals surface area contributed by atoms with Gasteiger partial charge in [0.25, 0.3) is 5.56 Å². The molecular formula is C15H20N4O. The van der Waals surface area contributed by atoms with E-state index in [1.807, 2.05) is 0 Å². The normalized spacial score (nSPS) is 18.4. The Kier molecular flexibility index (Phi) is 2.92. The third-order valence-corrected chi connectivity index (χ3v) is 3.92. The summed E-state index contributed by atoms with van der Waals surface area (Å²) in [5, 5.41) is 0.546. The summed E-state index contributed by atoms with van der Waals surface area (Å²) < 4.78 is 0. The zero-order valence-corrected chi connectivity index (χ0v) is 11.9. The van der Waals surface area contributed by atoms with Gasteiger partial charge in [-0.3, -0.25) is 9.78 Å². The van der Waals surface area contributed by atoms with Crippen LogP contribution in [0.25, 0.3) is 10.9 Å². The number of nitrogens with one attached hydrogen (secondary N) is 1. The molecule has 0 spiro atoms. The standard InChI is InChI=1S/C15H20N4O/c1-15(2)6-3-7-19(9-15)14-17-12-5-4-10(16)8-11(12)13(20)18-14/h4-5,8H,3,6-7,9,16H2,1-2H3,(H,17,18,20). The van der Waals surface area contributed by atoms with E-state index in [9.17, 15) is 4.79 Å². The van der Waals surface area contributed by atoms with E-state index in [4.69, 9.17) is 5.73 Å². The van der Waals surface area contributed by atoms with Crippen LogP contribution in [0.15, 0.2) is 23.0 Å². The van der Waals surface area contributed by atoms with Crippen LogP contribution in [-0.2, 0) is 0 Å². The molecule has 1 aromatic heterocycles. The maximum Gasteiger partial charge on any atom is 0.260 e. The Balaban J connectivity index is 2.05. The van der Waals surface area contributed by atoms with Crippen molar-refractivity contribution in [3.05, 3.63) is 28.6 Å². The summed E-state index contributed by atoms with van der Waals surface area (Å²) in [6, 6.07) is 5.25. The molecule has 0 radical (unpaired) electrons. The summed E-state index contributed by atoms with van der Waals surface area (Å²) >= 11 is 0. The number of anilines is 2. The Morgan fingerprint density at radius 3 is 2.95 bits per heavy atom. The van der Waals surface area contributed by atoms with E-state index in [1.165, 1.54) is 6.42 Å². The molecule has 0 saturated carbocycles. The number of aromatic amines is 1. The van der Waals surface area contributed by atoms with Crippen molar-refractivity contribution in [2.24, 2.45) is 5.41 Å². The Hall–Kier alpha value is -2.04. The minimum Gasteiger partial charge on any atom is -0.399 e. The first-order chi connectivity index (χ1) is 9.44. The van der Waals surface area contributed by atoms with Gasteiger partial charge in [0.05, 0.1) is 10.9 Å². The predicted octanol–water partition coefficient (Wildman–Crippen LogP) is 2.13. The minimum atomic E-state index is -0.124. The topological polar surface area (TPSA) is 75.0 Å². The van der Waals surface area contributed by atoms with E-state index >= 15 is 0 Å². The number of hydrogen-bond acceptors (Lipinski definition) is 4. The summed E-state index contributed by atoms with van der Waals surface area (Å²) in [6.45, 7) is 6.35. The first kappa shape index (κ1) is 13.0. The van der Waals surface area contributed by atoms with Crippen molar-refractivity contribution < 1.29 is 0 Å². The molecule has 0 amide bonds. The monoisotopic (exact) mass is 272 g/mol. The van der Waals surface area contributed by atoms with Gasteiger partial charge in [-0.25, -0.2) is 4.98 Å². The molecule has 2 aromatic rings. The largest absolute Gasteiger partial charge is 0.399 e. The number of hydrogen-bond donors (Lipinski definition) is 2. The van der Waals surface area contributed by atoms with Gasteiger partial charge >= 0.3 is 0 Å². The van der Waals surface area contributed by atoms with E-state index in [2.05, 4.69) is 28.7 Å². The van der Waals surface area contributed by atoms with Crippen molar-refractivity contribution in [2.45, 2.75) is 26.7 Å². The molecule has 3 N–H and O–H groups in total. The lowest BCUT2D eigenvalue weighted by Gasteiger charge is -2.38. The molecule has 2 heterocycles. The molecule has 1 saturated heterocycles. The lowest BCUT2D eigenvalue weighted by molar-refractivity contribution is 0.291. The van der Waals surface area contributed by atoms with Gasteiger partial charge in [-0.05, 0) is 36.5 Å². The van der Waals surface area contributed by atoms with Crippen LogP contribution in [0.3, 0.4) is 0 Å². The number of fused-ring (bicyclic) bond motifs is 1. The molecule has 1 fully saturated rings. The number of nitrogens with zero attached hydrogens (tertiary/aromatic N) is 2. The second-order valence-electron chi connectivity index (χ2n) is 6.36. The summed E-state index contributed by atoms with van der Waals surface area (Å²) in [5.41, 5.74) is 7.13. The minimum absolute atomic E-state index is 0.124. The van der Waals surface area contributed by atoms with Gasteiger partial charge in [-0.1, -0.05) is 13.8 Å². The molecule has 0 atom stereocenters. The predicted molar refractivity (Wildman–Crippen MR) is 82.0 cm³/mol. The van der Waals surface area contributed by atoms with Gasteiger partial charge in [-0.2, -0.15) is 0 Å². The maximum atomic E-state index is 12.2. The molecule has 1 aliphatic rings. The highest BCUT2D eigenvalue weighted by atomic mass is 16.1. The number of nitrogens with two attached hydrogens (primary N) is 1. The molecule has 0 bridgehead atoms. The Labute approximate surface area is 117 Å². The summed E-state index contributed by atoms with van der Waals surface area (Å²) in [6.07, 6.45) is 2.33. The van der Waals surface area contributed by atoms with E-state index < -0.39 is 0 Å². The van der Waals surface area contributed by atoms with Crippen molar-refractivity contribution in [2.75, 3.05) is 23.7 Å². The average Bonchev–Trinajstić information content (AvgIpc) is 2.38. The smallest absolute Gasteiger partial charge is 0.260 e. The zero-order chi connectivity index (χ0) is 14.3. The molecule has 3 rings (SSSR count). The van der Waals surface area contributed by atoms with E-state index in [0.717, 1.165) is 19.5 Å². The summed E-state index contributed by atoms with van der Waals surface area (Å²) in [5.74, 6) is 0.667. The summed E-state index contributed by atoms with van der Waals surface area (Å²) in [4.78, 5) is 21.8. The van der Waals surface area contributed by atoms with Crippen LogP contribution in [0.4, 0.5) is 11.6 Å². The molecule has 1 aromatic carbocycles. The third kappa shape index (κ3) is 2.35. The lowest BCUT2D eigenvalue weighted by atomic mass is 9.84. The molecule has 1 aliphatic heterocycles. The van der Waals surface area contributed by atoms with Gasteiger partial charge in [-0.15, -0.1) is 0 Å². The number of rotatable bonds is 1. The van der Waals surface area contributed by atoms with Crippen LogP contribution < -0.4 is 16.2 Å². The van der Waals surface area contributed by atoms with Gasteiger partial charge in [0, 0.05) is 18.8 Å². The summed E-state index contributed by atoms with van der Waals surface area (Å²) in [7, 11) is 0. The van der Waals surface area contributed by atoms with Gasteiger partial charge in [0.1, 0.15) is 0 Å². The van der Waals surface area contributed by atoms with Crippen molar-refractivity contribution >= 4 is 22.5 Å². The second-order valence-corrected chi connectivity index (χ2v) is 6.36. The number of H-pyrrole nitrogens is 1. The lowest BCUT2D eigenvalue weighted by Crippen LogP contribution is -2.41. The quantitative estimate of drug-likeness (QED) is 0.780. The highest BCUT2D eigenvalue weighted by Gasteiger charge is 2.27. The van der Waals surface area contributed by atoms with Crippen LogP contribution in [0, 0.1) is 5.41 Å². The van der Waals surface area contributed by atoms with Crippen molar-refractivity contribution in [3.8, 4) is 0 Å². The van der Waals surface area contributed by atoms with Crippen LogP contribution in [0.5, 0.6) is 0 Å². The van der Waals surface area contributed by atoms with E-state index in [0.29, 0.717) is 22.5 Å². The first-order valence-corrected chi connectivity index (χ1v) is 6.99. The molecule has 20 heavy (non-hydrogen) atoms. The van der Waals surface area contributed by atoms with Gasteiger partial charge in [0.15, 0.2) is 0 Å². The van der Waals surface area contributed by atoms with Crippen molar-refractivity contribution in [1.29, 1.82) is 0 Å². The van der Waals surface area contributed by atoms with Gasteiger partial charge in [0.2, 0.25) is 5.95 Å². The molecular weight excluding hydrogens is 252 g/mol. The Morgan fingerprint density at radius 2 is 2.20 bits per heavy atom.